The first-order chi connectivity index (χ1) is 13.0. The molecule has 0 saturated carbocycles. The molecule has 0 unspecified atom stereocenters. The van der Waals surface area contributed by atoms with Gasteiger partial charge in [0, 0.05) is 29.7 Å². The van der Waals surface area contributed by atoms with E-state index in [1.54, 1.807) is 43.3 Å². The van der Waals surface area contributed by atoms with Gasteiger partial charge < -0.3 is 20.1 Å². The summed E-state index contributed by atoms with van der Waals surface area (Å²) in [5.41, 5.74) is 2.10. The summed E-state index contributed by atoms with van der Waals surface area (Å²) in [7, 11) is 0. The van der Waals surface area contributed by atoms with Crippen LogP contribution in [0.1, 0.15) is 24.2 Å². The zero-order chi connectivity index (χ0) is 19.4. The first-order valence-corrected chi connectivity index (χ1v) is 8.42. The van der Waals surface area contributed by atoms with Crippen molar-refractivity contribution in [3.63, 3.8) is 0 Å². The molecule has 3 rings (SSSR count). The average Bonchev–Trinajstić information content (AvgIpc) is 3.03. The number of nitrogens with one attached hydrogen (secondary N) is 2. The number of carbonyl (C=O) groups excluding carboxylic acids is 1. The van der Waals surface area contributed by atoms with E-state index in [1.165, 1.54) is 6.07 Å². The van der Waals surface area contributed by atoms with Gasteiger partial charge in [0.05, 0.1) is 10.5 Å². The third kappa shape index (κ3) is 4.17. The van der Waals surface area contributed by atoms with Crippen LogP contribution in [0.2, 0.25) is 0 Å². The number of alkyl carbamates (subject to hydrolysis) is 1. The fraction of sp³-hybridized carbons (Fsp3) is 0.211. The van der Waals surface area contributed by atoms with Crippen LogP contribution in [0.4, 0.5) is 10.5 Å². The van der Waals surface area contributed by atoms with Crippen LogP contribution in [0.3, 0.4) is 0 Å². The molecule has 8 heteroatoms. The van der Waals surface area contributed by atoms with E-state index in [1.807, 2.05) is 6.20 Å². The SMILES string of the molecule is C[C@H](OC(=O)NCCc1c[nH]c2ccc(O)cc12)c1ccccc1[N+](=O)[O-]. The quantitative estimate of drug-likeness (QED) is 0.451. The maximum Gasteiger partial charge on any atom is 0.407 e. The van der Waals surface area contributed by atoms with Gasteiger partial charge in [-0.25, -0.2) is 4.79 Å². The number of benzene rings is 2. The molecule has 1 atom stereocenters. The largest absolute Gasteiger partial charge is 0.508 e. The summed E-state index contributed by atoms with van der Waals surface area (Å²) in [5.74, 6) is 0.175. The zero-order valence-electron chi connectivity index (χ0n) is 14.6. The maximum absolute atomic E-state index is 12.0. The first kappa shape index (κ1) is 18.2. The molecule has 0 aliphatic rings. The lowest BCUT2D eigenvalue weighted by Gasteiger charge is -2.14. The van der Waals surface area contributed by atoms with E-state index in [9.17, 15) is 20.0 Å². The van der Waals surface area contributed by atoms with Crippen LogP contribution in [-0.2, 0) is 11.2 Å². The minimum Gasteiger partial charge on any atom is -0.508 e. The molecule has 2 aromatic carbocycles. The molecule has 3 aromatic rings. The molecular weight excluding hydrogens is 350 g/mol. The van der Waals surface area contributed by atoms with E-state index in [-0.39, 0.29) is 11.4 Å². The molecule has 0 spiro atoms. The lowest BCUT2D eigenvalue weighted by Crippen LogP contribution is -2.27. The van der Waals surface area contributed by atoms with Crippen molar-refractivity contribution in [3.8, 4) is 5.75 Å². The Kier molecular flexibility index (Phi) is 5.25. The molecule has 27 heavy (non-hydrogen) atoms. The Morgan fingerprint density at radius 2 is 2.11 bits per heavy atom. The van der Waals surface area contributed by atoms with Crippen molar-refractivity contribution in [2.24, 2.45) is 0 Å². The maximum atomic E-state index is 12.0. The van der Waals surface area contributed by atoms with Crippen molar-refractivity contribution in [1.29, 1.82) is 0 Å². The lowest BCUT2D eigenvalue weighted by atomic mass is 10.1. The molecule has 0 fully saturated rings. The number of amides is 1. The standard InChI is InChI=1S/C19H19N3O5/c1-12(15-4-2-3-5-18(15)22(25)26)27-19(24)20-9-8-13-11-21-17-7-6-14(23)10-16(13)17/h2-7,10-12,21,23H,8-9H2,1H3,(H,20,24)/t12-/m0/s1. The normalized spacial score (nSPS) is 11.9. The Morgan fingerprint density at radius 3 is 2.89 bits per heavy atom. The number of hydrogen-bond donors (Lipinski definition) is 3. The lowest BCUT2D eigenvalue weighted by molar-refractivity contribution is -0.386. The summed E-state index contributed by atoms with van der Waals surface area (Å²) in [6.07, 6.45) is 0.964. The highest BCUT2D eigenvalue weighted by molar-refractivity contribution is 5.84. The molecule has 0 aliphatic heterocycles. The third-order valence-corrected chi connectivity index (χ3v) is 4.27. The average molecular weight is 369 g/mol. The van der Waals surface area contributed by atoms with Crippen LogP contribution >= 0.6 is 0 Å². The van der Waals surface area contributed by atoms with Gasteiger partial charge in [0.25, 0.3) is 5.69 Å². The molecule has 0 radical (unpaired) electrons. The topological polar surface area (TPSA) is 117 Å². The number of ether oxygens (including phenoxy) is 1. The second-order valence-electron chi connectivity index (χ2n) is 6.08. The number of para-hydroxylation sites is 1. The summed E-state index contributed by atoms with van der Waals surface area (Å²) < 4.78 is 5.25. The second kappa shape index (κ2) is 7.77. The van der Waals surface area contributed by atoms with E-state index >= 15 is 0 Å². The Morgan fingerprint density at radius 1 is 1.33 bits per heavy atom. The van der Waals surface area contributed by atoms with Gasteiger partial charge in [-0.05, 0) is 43.2 Å². The van der Waals surface area contributed by atoms with Crippen LogP contribution < -0.4 is 5.32 Å². The highest BCUT2D eigenvalue weighted by atomic mass is 16.6. The Labute approximate surface area is 154 Å². The van der Waals surface area contributed by atoms with E-state index in [0.717, 1.165) is 16.5 Å². The minimum absolute atomic E-state index is 0.0867. The van der Waals surface area contributed by atoms with Gasteiger partial charge >= 0.3 is 6.09 Å². The molecule has 0 saturated heterocycles. The number of aromatic hydroxyl groups is 1. The molecule has 3 N–H and O–H groups in total. The third-order valence-electron chi connectivity index (χ3n) is 4.27. The van der Waals surface area contributed by atoms with Crippen molar-refractivity contribution in [3.05, 3.63) is 69.9 Å². The van der Waals surface area contributed by atoms with E-state index in [2.05, 4.69) is 10.3 Å². The smallest absolute Gasteiger partial charge is 0.407 e. The second-order valence-corrected chi connectivity index (χ2v) is 6.08. The number of carbonyl (C=O) groups is 1. The van der Waals surface area contributed by atoms with Gasteiger partial charge in [0.1, 0.15) is 11.9 Å². The van der Waals surface area contributed by atoms with Crippen LogP contribution in [0, 0.1) is 10.1 Å². The van der Waals surface area contributed by atoms with E-state index in [4.69, 9.17) is 4.74 Å². The van der Waals surface area contributed by atoms with E-state index in [0.29, 0.717) is 18.5 Å². The monoisotopic (exact) mass is 369 g/mol. The molecule has 8 nitrogen and oxygen atoms in total. The number of phenols is 1. The fourth-order valence-electron chi connectivity index (χ4n) is 2.94. The predicted molar refractivity (Wildman–Crippen MR) is 99.7 cm³/mol. The molecule has 0 bridgehead atoms. The number of nitro groups is 1. The summed E-state index contributed by atoms with van der Waals surface area (Å²) in [5, 5.41) is 24.2. The number of phenolic OH excluding ortho intramolecular Hbond substituents is 1. The van der Waals surface area contributed by atoms with E-state index < -0.39 is 17.1 Å². The van der Waals surface area contributed by atoms with Crippen molar-refractivity contribution in [2.45, 2.75) is 19.4 Å². The number of hydrogen-bond acceptors (Lipinski definition) is 5. The van der Waals surface area contributed by atoms with Gasteiger partial charge in [-0.1, -0.05) is 12.1 Å². The van der Waals surface area contributed by atoms with Crippen LogP contribution in [0.15, 0.2) is 48.7 Å². The van der Waals surface area contributed by atoms with Gasteiger partial charge in [-0.2, -0.15) is 0 Å². The summed E-state index contributed by atoms with van der Waals surface area (Å²) in [6.45, 7) is 1.91. The van der Waals surface area contributed by atoms with Gasteiger partial charge in [-0.3, -0.25) is 10.1 Å². The first-order valence-electron chi connectivity index (χ1n) is 8.42. The summed E-state index contributed by atoms with van der Waals surface area (Å²) in [6, 6.07) is 11.2. The van der Waals surface area contributed by atoms with Crippen molar-refractivity contribution >= 4 is 22.7 Å². The Hall–Kier alpha value is -3.55. The number of aromatic nitrogens is 1. The van der Waals surface area contributed by atoms with Gasteiger partial charge in [0.2, 0.25) is 0 Å². The van der Waals surface area contributed by atoms with Crippen LogP contribution in [0.25, 0.3) is 10.9 Å². The number of fused-ring (bicyclic) bond motifs is 1. The minimum atomic E-state index is -0.753. The van der Waals surface area contributed by atoms with Gasteiger partial charge in [0.15, 0.2) is 0 Å². The van der Waals surface area contributed by atoms with Crippen molar-refractivity contribution in [1.82, 2.24) is 10.3 Å². The molecule has 1 heterocycles. The van der Waals surface area contributed by atoms with Crippen molar-refractivity contribution < 1.29 is 19.6 Å². The van der Waals surface area contributed by atoms with Crippen LogP contribution in [0.5, 0.6) is 5.75 Å². The Balaban J connectivity index is 1.57. The Bertz CT molecular complexity index is 982. The van der Waals surface area contributed by atoms with Crippen LogP contribution in [-0.4, -0.2) is 27.7 Å². The number of nitro benzene ring substituents is 1. The molecule has 0 aliphatic carbocycles. The molecule has 1 amide bonds. The highest BCUT2D eigenvalue weighted by Crippen LogP contribution is 2.27. The fourth-order valence-corrected chi connectivity index (χ4v) is 2.94. The van der Waals surface area contributed by atoms with Gasteiger partial charge in [-0.15, -0.1) is 0 Å². The highest BCUT2D eigenvalue weighted by Gasteiger charge is 2.21. The summed E-state index contributed by atoms with van der Waals surface area (Å²) >= 11 is 0. The number of aromatic amines is 1. The molecular formula is C19H19N3O5. The molecule has 140 valence electrons. The van der Waals surface area contributed by atoms with Crippen molar-refractivity contribution in [2.75, 3.05) is 6.54 Å². The number of H-pyrrole nitrogens is 1. The number of nitrogens with zero attached hydrogens (tertiary/aromatic N) is 1. The number of rotatable bonds is 6. The molecule has 1 aromatic heterocycles. The zero-order valence-corrected chi connectivity index (χ0v) is 14.6. The predicted octanol–water partition coefficient (Wildman–Crippen LogP) is 3.81. The summed E-state index contributed by atoms with van der Waals surface area (Å²) in [4.78, 5) is 25.7.